The predicted molar refractivity (Wildman–Crippen MR) is 75.6 cm³/mol. The fourth-order valence-electron chi connectivity index (χ4n) is 2.75. The summed E-state index contributed by atoms with van der Waals surface area (Å²) in [6, 6.07) is 11.2. The van der Waals surface area contributed by atoms with Crippen LogP contribution in [-0.2, 0) is 6.42 Å². The van der Waals surface area contributed by atoms with Crippen molar-refractivity contribution < 1.29 is 10.2 Å². The highest BCUT2D eigenvalue weighted by Crippen LogP contribution is 2.36. The Morgan fingerprint density at radius 2 is 1.79 bits per heavy atom. The van der Waals surface area contributed by atoms with Gasteiger partial charge in [0.25, 0.3) is 0 Å². The van der Waals surface area contributed by atoms with E-state index in [1.54, 1.807) is 18.2 Å². The monoisotopic (exact) mass is 255 g/mol. The van der Waals surface area contributed by atoms with E-state index in [2.05, 4.69) is 5.32 Å². The zero-order valence-corrected chi connectivity index (χ0v) is 10.9. The van der Waals surface area contributed by atoms with Crippen molar-refractivity contribution in [1.29, 1.82) is 0 Å². The highest BCUT2D eigenvalue weighted by Gasteiger charge is 2.22. The highest BCUT2D eigenvalue weighted by molar-refractivity contribution is 5.56. The van der Waals surface area contributed by atoms with E-state index >= 15 is 0 Å². The van der Waals surface area contributed by atoms with Crippen molar-refractivity contribution in [1.82, 2.24) is 0 Å². The SMILES string of the molecule is Cc1cc(O)ccc1NC1CCc2cc(O)ccc21. The molecular weight excluding hydrogens is 238 g/mol. The fourth-order valence-corrected chi connectivity index (χ4v) is 2.75. The van der Waals surface area contributed by atoms with E-state index in [9.17, 15) is 10.2 Å². The number of phenols is 2. The molecule has 0 aliphatic heterocycles. The summed E-state index contributed by atoms with van der Waals surface area (Å²) in [5.74, 6) is 0.625. The number of benzene rings is 2. The number of hydrogen-bond donors (Lipinski definition) is 3. The van der Waals surface area contributed by atoms with Gasteiger partial charge in [0.05, 0.1) is 6.04 Å². The van der Waals surface area contributed by atoms with E-state index in [4.69, 9.17) is 0 Å². The van der Waals surface area contributed by atoms with Crippen molar-refractivity contribution in [3.8, 4) is 11.5 Å². The molecule has 0 bridgehead atoms. The summed E-state index contributed by atoms with van der Waals surface area (Å²) in [6.07, 6.45) is 2.01. The average molecular weight is 255 g/mol. The van der Waals surface area contributed by atoms with Gasteiger partial charge in [-0.2, -0.15) is 0 Å². The lowest BCUT2D eigenvalue weighted by molar-refractivity contribution is 0.474. The van der Waals surface area contributed by atoms with Crippen LogP contribution in [0.25, 0.3) is 0 Å². The minimum atomic E-state index is 0.277. The van der Waals surface area contributed by atoms with Gasteiger partial charge in [-0.1, -0.05) is 6.07 Å². The van der Waals surface area contributed by atoms with Crippen LogP contribution < -0.4 is 5.32 Å². The van der Waals surface area contributed by atoms with Crippen LogP contribution in [0.4, 0.5) is 5.69 Å². The summed E-state index contributed by atoms with van der Waals surface area (Å²) < 4.78 is 0. The van der Waals surface area contributed by atoms with Crippen LogP contribution in [0.2, 0.25) is 0 Å². The van der Waals surface area contributed by atoms with Crippen molar-refractivity contribution in [2.45, 2.75) is 25.8 Å². The number of anilines is 1. The van der Waals surface area contributed by atoms with E-state index in [0.29, 0.717) is 11.5 Å². The van der Waals surface area contributed by atoms with Gasteiger partial charge < -0.3 is 15.5 Å². The van der Waals surface area contributed by atoms with Gasteiger partial charge in [-0.3, -0.25) is 0 Å². The van der Waals surface area contributed by atoms with Gasteiger partial charge in [0.15, 0.2) is 0 Å². The quantitative estimate of drug-likeness (QED) is 0.720. The normalized spacial score (nSPS) is 17.2. The number of fused-ring (bicyclic) bond motifs is 1. The van der Waals surface area contributed by atoms with Crippen LogP contribution in [0.1, 0.15) is 29.2 Å². The molecule has 0 fully saturated rings. The zero-order chi connectivity index (χ0) is 13.4. The van der Waals surface area contributed by atoms with Crippen molar-refractivity contribution >= 4 is 5.69 Å². The zero-order valence-electron chi connectivity index (χ0n) is 10.9. The van der Waals surface area contributed by atoms with Crippen molar-refractivity contribution in [3.63, 3.8) is 0 Å². The Labute approximate surface area is 112 Å². The first-order chi connectivity index (χ1) is 9.13. The molecule has 98 valence electrons. The van der Waals surface area contributed by atoms with Gasteiger partial charge in [0.1, 0.15) is 11.5 Å². The number of rotatable bonds is 2. The van der Waals surface area contributed by atoms with Crippen molar-refractivity contribution in [2.24, 2.45) is 0 Å². The second-order valence-corrected chi connectivity index (χ2v) is 5.12. The molecule has 3 nitrogen and oxygen atoms in total. The molecule has 0 saturated carbocycles. The largest absolute Gasteiger partial charge is 0.508 e. The van der Waals surface area contributed by atoms with Crippen LogP contribution >= 0.6 is 0 Å². The maximum Gasteiger partial charge on any atom is 0.115 e. The molecule has 1 aliphatic rings. The molecule has 0 saturated heterocycles. The third kappa shape index (κ3) is 2.24. The van der Waals surface area contributed by atoms with Crippen LogP contribution in [0.15, 0.2) is 36.4 Å². The molecule has 0 amide bonds. The smallest absolute Gasteiger partial charge is 0.115 e. The minimum Gasteiger partial charge on any atom is -0.508 e. The summed E-state index contributed by atoms with van der Waals surface area (Å²) in [6.45, 7) is 1.98. The summed E-state index contributed by atoms with van der Waals surface area (Å²) in [5.41, 5.74) is 4.55. The molecule has 0 heterocycles. The lowest BCUT2D eigenvalue weighted by Gasteiger charge is -2.17. The number of aryl methyl sites for hydroxylation is 2. The van der Waals surface area contributed by atoms with E-state index < -0.39 is 0 Å². The number of phenolic OH excluding ortho intramolecular Hbond substituents is 2. The molecule has 0 radical (unpaired) electrons. The van der Waals surface area contributed by atoms with Crippen molar-refractivity contribution in [3.05, 3.63) is 53.1 Å². The second-order valence-electron chi connectivity index (χ2n) is 5.12. The number of aromatic hydroxyl groups is 2. The maximum atomic E-state index is 9.50. The molecule has 2 aromatic carbocycles. The molecule has 0 aromatic heterocycles. The van der Waals surface area contributed by atoms with E-state index in [1.807, 2.05) is 25.1 Å². The van der Waals surface area contributed by atoms with Crippen LogP contribution in [0, 0.1) is 6.92 Å². The van der Waals surface area contributed by atoms with E-state index in [0.717, 1.165) is 24.1 Å². The first-order valence-electron chi connectivity index (χ1n) is 6.51. The molecular formula is C16H17NO2. The topological polar surface area (TPSA) is 52.5 Å². The highest BCUT2D eigenvalue weighted by atomic mass is 16.3. The molecule has 3 rings (SSSR count). The van der Waals surface area contributed by atoms with Crippen LogP contribution in [0.3, 0.4) is 0 Å². The molecule has 3 N–H and O–H groups in total. The predicted octanol–water partition coefficient (Wildman–Crippen LogP) is 3.51. The standard InChI is InChI=1S/C16H17NO2/c1-10-8-12(18)4-7-15(10)17-16-6-2-11-9-13(19)3-5-14(11)16/h3-5,7-9,16-19H,2,6H2,1H3. The van der Waals surface area contributed by atoms with Crippen molar-refractivity contribution in [2.75, 3.05) is 5.32 Å². The molecule has 1 aliphatic carbocycles. The summed E-state index contributed by atoms with van der Waals surface area (Å²) in [4.78, 5) is 0. The summed E-state index contributed by atoms with van der Waals surface area (Å²) >= 11 is 0. The number of nitrogens with one attached hydrogen (secondary N) is 1. The van der Waals surface area contributed by atoms with E-state index in [-0.39, 0.29) is 6.04 Å². The number of hydrogen-bond acceptors (Lipinski definition) is 3. The Morgan fingerprint density at radius 3 is 2.58 bits per heavy atom. The molecule has 1 atom stereocenters. The van der Waals surface area contributed by atoms with Gasteiger partial charge in [-0.15, -0.1) is 0 Å². The maximum absolute atomic E-state index is 9.50. The fraction of sp³-hybridized carbons (Fsp3) is 0.250. The second kappa shape index (κ2) is 4.50. The Kier molecular flexibility index (Phi) is 2.82. The third-order valence-electron chi connectivity index (χ3n) is 3.74. The Hall–Kier alpha value is -2.16. The van der Waals surface area contributed by atoms with Gasteiger partial charge in [-0.05, 0) is 66.8 Å². The van der Waals surface area contributed by atoms with Gasteiger partial charge in [0.2, 0.25) is 0 Å². The summed E-state index contributed by atoms with van der Waals surface area (Å²) in [7, 11) is 0. The van der Waals surface area contributed by atoms with Gasteiger partial charge >= 0.3 is 0 Å². The molecule has 0 spiro atoms. The third-order valence-corrected chi connectivity index (χ3v) is 3.74. The lowest BCUT2D eigenvalue weighted by atomic mass is 10.1. The van der Waals surface area contributed by atoms with Crippen LogP contribution in [-0.4, -0.2) is 10.2 Å². The molecule has 1 unspecified atom stereocenters. The Morgan fingerprint density at radius 1 is 1.05 bits per heavy atom. The molecule has 19 heavy (non-hydrogen) atoms. The summed E-state index contributed by atoms with van der Waals surface area (Å²) in [5, 5.41) is 22.4. The Bertz CT molecular complexity index is 622. The van der Waals surface area contributed by atoms with Gasteiger partial charge in [-0.25, -0.2) is 0 Å². The van der Waals surface area contributed by atoms with Crippen LogP contribution in [0.5, 0.6) is 11.5 Å². The molecule has 2 aromatic rings. The average Bonchev–Trinajstić information content (AvgIpc) is 2.75. The first kappa shape index (κ1) is 11.9. The first-order valence-corrected chi connectivity index (χ1v) is 6.51. The van der Waals surface area contributed by atoms with E-state index in [1.165, 1.54) is 11.1 Å². The molecule has 3 heteroatoms. The minimum absolute atomic E-state index is 0.277. The Balaban J connectivity index is 1.86. The van der Waals surface area contributed by atoms with Gasteiger partial charge in [0, 0.05) is 5.69 Å². The lowest BCUT2D eigenvalue weighted by Crippen LogP contribution is -2.07.